The highest BCUT2D eigenvalue weighted by molar-refractivity contribution is 6.46. The van der Waals surface area contributed by atoms with Gasteiger partial charge in [-0.15, -0.1) is 0 Å². The van der Waals surface area contributed by atoms with Crippen molar-refractivity contribution in [3.8, 4) is 0 Å². The van der Waals surface area contributed by atoms with E-state index in [1.807, 2.05) is 19.0 Å². The van der Waals surface area contributed by atoms with Crippen molar-refractivity contribution in [1.29, 1.82) is 0 Å². The predicted molar refractivity (Wildman–Crippen MR) is 99.9 cm³/mol. The van der Waals surface area contributed by atoms with Gasteiger partial charge in [0.05, 0.1) is 5.57 Å². The Morgan fingerprint density at radius 1 is 1.22 bits per heavy atom. The summed E-state index contributed by atoms with van der Waals surface area (Å²) in [6.45, 7) is 2.96. The Morgan fingerprint density at radius 3 is 2.52 bits per heavy atom. The Kier molecular flexibility index (Phi) is 5.41. The van der Waals surface area contributed by atoms with Crippen molar-refractivity contribution in [2.75, 3.05) is 27.2 Å². The first-order valence-corrected chi connectivity index (χ1v) is 8.80. The number of carbonyl (C=O) groups excluding carboxylic acids is 2. The molecular formula is C20H23N3O4. The van der Waals surface area contributed by atoms with E-state index >= 15 is 0 Å². The van der Waals surface area contributed by atoms with Crippen LogP contribution in [0.4, 0.5) is 0 Å². The number of ketones is 1. The van der Waals surface area contributed by atoms with Gasteiger partial charge in [0.15, 0.2) is 0 Å². The van der Waals surface area contributed by atoms with Gasteiger partial charge in [-0.1, -0.05) is 0 Å². The number of aromatic nitrogens is 1. The fourth-order valence-electron chi connectivity index (χ4n) is 3.23. The number of pyridine rings is 1. The molecule has 0 unspecified atom stereocenters. The van der Waals surface area contributed by atoms with Gasteiger partial charge in [0.25, 0.3) is 11.7 Å². The summed E-state index contributed by atoms with van der Waals surface area (Å²) in [6.07, 6.45) is 3.74. The lowest BCUT2D eigenvalue weighted by Crippen LogP contribution is -2.32. The second-order valence-corrected chi connectivity index (χ2v) is 6.83. The summed E-state index contributed by atoms with van der Waals surface area (Å²) in [5, 5.41) is 10.8. The fraction of sp³-hybridized carbons (Fsp3) is 0.350. The first-order chi connectivity index (χ1) is 12.9. The third-order valence-electron chi connectivity index (χ3n) is 4.53. The summed E-state index contributed by atoms with van der Waals surface area (Å²) in [5.41, 5.74) is 0.481. The van der Waals surface area contributed by atoms with E-state index < -0.39 is 17.7 Å². The minimum Gasteiger partial charge on any atom is -0.507 e. The summed E-state index contributed by atoms with van der Waals surface area (Å²) < 4.78 is 5.72. The van der Waals surface area contributed by atoms with E-state index in [0.29, 0.717) is 30.0 Å². The lowest BCUT2D eigenvalue weighted by Gasteiger charge is -2.24. The second kappa shape index (κ2) is 7.75. The molecule has 0 radical (unpaired) electrons. The maximum Gasteiger partial charge on any atom is 0.295 e. The molecule has 7 heteroatoms. The van der Waals surface area contributed by atoms with Crippen LogP contribution in [-0.4, -0.2) is 58.8 Å². The number of hydrogen-bond acceptors (Lipinski definition) is 6. The van der Waals surface area contributed by atoms with Gasteiger partial charge in [0.1, 0.15) is 23.3 Å². The molecule has 0 spiro atoms. The highest BCUT2D eigenvalue weighted by Gasteiger charge is 2.47. The third kappa shape index (κ3) is 3.78. The molecule has 1 saturated heterocycles. The van der Waals surface area contributed by atoms with E-state index in [0.717, 1.165) is 6.54 Å². The lowest BCUT2D eigenvalue weighted by molar-refractivity contribution is -0.140. The van der Waals surface area contributed by atoms with Crippen LogP contribution in [0, 0.1) is 6.92 Å². The first kappa shape index (κ1) is 18.8. The van der Waals surface area contributed by atoms with Crippen LogP contribution in [0.1, 0.15) is 29.5 Å². The first-order valence-electron chi connectivity index (χ1n) is 8.80. The molecule has 142 valence electrons. The van der Waals surface area contributed by atoms with Crippen LogP contribution in [0.25, 0.3) is 5.76 Å². The van der Waals surface area contributed by atoms with Crippen molar-refractivity contribution in [3.05, 3.63) is 59.3 Å². The number of nitrogens with zero attached hydrogens (tertiary/aromatic N) is 3. The van der Waals surface area contributed by atoms with E-state index in [2.05, 4.69) is 4.98 Å². The topological polar surface area (TPSA) is 86.9 Å². The second-order valence-electron chi connectivity index (χ2n) is 6.83. The molecule has 3 rings (SSSR count). The fourth-order valence-corrected chi connectivity index (χ4v) is 3.23. The quantitative estimate of drug-likeness (QED) is 0.478. The maximum absolute atomic E-state index is 12.7. The van der Waals surface area contributed by atoms with Crippen LogP contribution in [0.15, 0.2) is 46.6 Å². The minimum absolute atomic E-state index is 0.0467. The van der Waals surface area contributed by atoms with Gasteiger partial charge >= 0.3 is 0 Å². The number of aliphatic hydroxyl groups is 1. The van der Waals surface area contributed by atoms with Crippen molar-refractivity contribution >= 4 is 17.4 Å². The van der Waals surface area contributed by atoms with Crippen LogP contribution in [0.2, 0.25) is 0 Å². The Hall–Kier alpha value is -2.93. The highest BCUT2D eigenvalue weighted by Crippen LogP contribution is 2.39. The molecule has 2 aromatic heterocycles. The smallest absolute Gasteiger partial charge is 0.295 e. The molecule has 1 N–H and O–H groups in total. The number of furan rings is 1. The number of carbonyl (C=O) groups is 2. The maximum atomic E-state index is 12.7. The molecule has 1 atom stereocenters. The monoisotopic (exact) mass is 369 g/mol. The summed E-state index contributed by atoms with van der Waals surface area (Å²) in [6, 6.07) is 5.97. The Bertz CT molecular complexity index is 870. The molecule has 0 aromatic carbocycles. The number of amides is 1. The average molecular weight is 369 g/mol. The largest absolute Gasteiger partial charge is 0.507 e. The van der Waals surface area contributed by atoms with Gasteiger partial charge in [0.2, 0.25) is 0 Å². The van der Waals surface area contributed by atoms with Gasteiger partial charge in [-0.05, 0) is 58.3 Å². The van der Waals surface area contributed by atoms with Gasteiger partial charge < -0.3 is 19.3 Å². The number of likely N-dealkylation sites (tertiary alicyclic amines) is 1. The zero-order valence-electron chi connectivity index (χ0n) is 15.7. The molecule has 0 aliphatic carbocycles. The number of aliphatic hydroxyl groups excluding tert-OH is 1. The van der Waals surface area contributed by atoms with Crippen molar-refractivity contribution < 1.29 is 19.1 Å². The molecule has 27 heavy (non-hydrogen) atoms. The van der Waals surface area contributed by atoms with E-state index in [-0.39, 0.29) is 11.3 Å². The SMILES string of the molecule is Cc1ccc([C@@H]2/C(=C(\O)c3ccncc3)C(=O)C(=O)N2CCCN(C)C)o1. The van der Waals surface area contributed by atoms with Crippen LogP contribution in [-0.2, 0) is 9.59 Å². The van der Waals surface area contributed by atoms with Crippen LogP contribution in [0.5, 0.6) is 0 Å². The van der Waals surface area contributed by atoms with Gasteiger partial charge in [-0.3, -0.25) is 14.6 Å². The van der Waals surface area contributed by atoms with Crippen LogP contribution >= 0.6 is 0 Å². The molecule has 1 amide bonds. The molecule has 1 aliphatic rings. The normalized spacial score (nSPS) is 19.3. The molecule has 0 bridgehead atoms. The Morgan fingerprint density at radius 2 is 1.93 bits per heavy atom. The van der Waals surface area contributed by atoms with Gasteiger partial charge in [0, 0.05) is 24.5 Å². The molecular weight excluding hydrogens is 346 g/mol. The highest BCUT2D eigenvalue weighted by atomic mass is 16.3. The van der Waals surface area contributed by atoms with Crippen LogP contribution in [0.3, 0.4) is 0 Å². The summed E-state index contributed by atoms with van der Waals surface area (Å²) in [7, 11) is 3.90. The van der Waals surface area contributed by atoms with Crippen molar-refractivity contribution in [2.24, 2.45) is 0 Å². The third-order valence-corrected chi connectivity index (χ3v) is 4.53. The van der Waals surface area contributed by atoms with E-state index in [4.69, 9.17) is 4.42 Å². The van der Waals surface area contributed by atoms with E-state index in [1.54, 1.807) is 31.2 Å². The predicted octanol–water partition coefficient (Wildman–Crippen LogP) is 2.36. The average Bonchev–Trinajstić information content (AvgIpc) is 3.18. The Labute approximate surface area is 157 Å². The number of rotatable bonds is 6. The minimum atomic E-state index is -0.742. The van der Waals surface area contributed by atoms with Gasteiger partial charge in [-0.25, -0.2) is 0 Å². The molecule has 2 aromatic rings. The summed E-state index contributed by atoms with van der Waals surface area (Å²) in [5.74, 6) is -0.401. The van der Waals surface area contributed by atoms with Gasteiger partial charge in [-0.2, -0.15) is 0 Å². The molecule has 0 saturated carbocycles. The number of aryl methyl sites for hydroxylation is 1. The Balaban J connectivity index is 2.05. The van der Waals surface area contributed by atoms with Crippen molar-refractivity contribution in [3.63, 3.8) is 0 Å². The standard InChI is InChI=1S/C20H23N3O4/c1-13-5-6-15(27-13)17-16(18(24)14-7-9-21-10-8-14)19(25)20(26)23(17)12-4-11-22(2)3/h5-10,17,24H,4,11-12H2,1-3H3/b18-16+/t17-/m1/s1. The number of hydrogen-bond donors (Lipinski definition) is 1. The van der Waals surface area contributed by atoms with Crippen LogP contribution < -0.4 is 0 Å². The molecule has 7 nitrogen and oxygen atoms in total. The van der Waals surface area contributed by atoms with Crippen molar-refractivity contribution in [2.45, 2.75) is 19.4 Å². The molecule has 3 heterocycles. The van der Waals surface area contributed by atoms with E-state index in [1.165, 1.54) is 17.3 Å². The molecule has 1 aliphatic heterocycles. The zero-order valence-corrected chi connectivity index (χ0v) is 15.7. The molecule has 1 fully saturated rings. The van der Waals surface area contributed by atoms with Crippen molar-refractivity contribution in [1.82, 2.24) is 14.8 Å². The van der Waals surface area contributed by atoms with E-state index in [9.17, 15) is 14.7 Å². The summed E-state index contributed by atoms with van der Waals surface area (Å²) in [4.78, 5) is 32.8. The lowest BCUT2D eigenvalue weighted by atomic mass is 10.00. The zero-order chi connectivity index (χ0) is 19.6. The number of Topliss-reactive ketones (excluding diaryl/α,β-unsaturated/α-hetero) is 1. The summed E-state index contributed by atoms with van der Waals surface area (Å²) >= 11 is 0.